The van der Waals surface area contributed by atoms with Crippen LogP contribution in [0.15, 0.2) is 54.9 Å². The molecule has 0 aliphatic heterocycles. The van der Waals surface area contributed by atoms with Gasteiger partial charge in [-0.3, -0.25) is 14.9 Å². The van der Waals surface area contributed by atoms with Crippen molar-refractivity contribution in [1.82, 2.24) is 14.6 Å². The predicted molar refractivity (Wildman–Crippen MR) is 121 cm³/mol. The molecule has 2 aromatic carbocycles. The zero-order valence-electron chi connectivity index (χ0n) is 18.2. The van der Waals surface area contributed by atoms with Crippen LogP contribution in [0.1, 0.15) is 41.9 Å². The second-order valence-electron chi connectivity index (χ2n) is 8.26. The number of aromatic nitrogens is 3. The summed E-state index contributed by atoms with van der Waals surface area (Å²) in [5.41, 5.74) is 5.85. The Kier molecular flexibility index (Phi) is 5.99. The molecule has 1 amide bonds. The summed E-state index contributed by atoms with van der Waals surface area (Å²) in [6.07, 6.45) is 5.01. The van der Waals surface area contributed by atoms with E-state index in [-0.39, 0.29) is 17.5 Å². The van der Waals surface area contributed by atoms with Gasteiger partial charge < -0.3 is 0 Å². The van der Waals surface area contributed by atoms with Gasteiger partial charge in [0.05, 0.1) is 16.8 Å². The van der Waals surface area contributed by atoms with Gasteiger partial charge in [0.15, 0.2) is 5.82 Å². The first-order valence-electron chi connectivity index (χ1n) is 10.5. The second-order valence-corrected chi connectivity index (χ2v) is 8.26. The van der Waals surface area contributed by atoms with Gasteiger partial charge in [-0.1, -0.05) is 26.0 Å². The Morgan fingerprint density at radius 3 is 2.62 bits per heavy atom. The SMILES string of the molecule is Cc1nc(-c2cccc(F)c2)ncc1C(=O)Nn1cc(CCC(C)C)c2cc(F)ccc21. The number of nitrogens with zero attached hydrogens (tertiary/aromatic N) is 3. The Balaban J connectivity index is 1.62. The van der Waals surface area contributed by atoms with Crippen LogP contribution in [-0.4, -0.2) is 20.6 Å². The highest BCUT2D eigenvalue weighted by atomic mass is 19.1. The number of rotatable bonds is 6. The molecule has 7 heteroatoms. The van der Waals surface area contributed by atoms with E-state index in [2.05, 4.69) is 29.2 Å². The lowest BCUT2D eigenvalue weighted by atomic mass is 10.0. The fourth-order valence-corrected chi connectivity index (χ4v) is 3.63. The van der Waals surface area contributed by atoms with Crippen molar-refractivity contribution in [2.75, 3.05) is 5.43 Å². The molecular weight excluding hydrogens is 410 g/mol. The Labute approximate surface area is 185 Å². The highest BCUT2D eigenvalue weighted by Gasteiger charge is 2.16. The van der Waals surface area contributed by atoms with Crippen molar-refractivity contribution in [1.29, 1.82) is 0 Å². The fourth-order valence-electron chi connectivity index (χ4n) is 3.63. The van der Waals surface area contributed by atoms with Crippen LogP contribution in [0.25, 0.3) is 22.3 Å². The molecule has 0 aliphatic carbocycles. The molecule has 4 aromatic rings. The first-order chi connectivity index (χ1) is 15.3. The van der Waals surface area contributed by atoms with E-state index in [0.29, 0.717) is 34.1 Å². The third-order valence-corrected chi connectivity index (χ3v) is 5.37. The van der Waals surface area contributed by atoms with Gasteiger partial charge in [-0.2, -0.15) is 0 Å². The van der Waals surface area contributed by atoms with Crippen molar-refractivity contribution in [3.63, 3.8) is 0 Å². The average Bonchev–Trinajstić information content (AvgIpc) is 3.08. The van der Waals surface area contributed by atoms with Crippen molar-refractivity contribution in [3.8, 4) is 11.4 Å². The highest BCUT2D eigenvalue weighted by Crippen LogP contribution is 2.24. The molecule has 0 bridgehead atoms. The number of nitrogens with one attached hydrogen (secondary N) is 1. The number of fused-ring (bicyclic) bond motifs is 1. The van der Waals surface area contributed by atoms with Crippen LogP contribution in [-0.2, 0) is 6.42 Å². The molecule has 2 aromatic heterocycles. The van der Waals surface area contributed by atoms with Crippen molar-refractivity contribution < 1.29 is 13.6 Å². The van der Waals surface area contributed by atoms with Gasteiger partial charge in [0.25, 0.3) is 5.91 Å². The average molecular weight is 434 g/mol. The van der Waals surface area contributed by atoms with Gasteiger partial charge in [0.1, 0.15) is 11.6 Å². The molecule has 0 aliphatic rings. The van der Waals surface area contributed by atoms with Crippen LogP contribution in [0, 0.1) is 24.5 Å². The van der Waals surface area contributed by atoms with E-state index in [0.717, 1.165) is 23.8 Å². The summed E-state index contributed by atoms with van der Waals surface area (Å²) in [4.78, 5) is 21.6. The molecule has 1 N–H and O–H groups in total. The first kappa shape index (κ1) is 21.6. The molecule has 32 heavy (non-hydrogen) atoms. The largest absolute Gasteiger partial charge is 0.273 e. The van der Waals surface area contributed by atoms with E-state index < -0.39 is 0 Å². The monoisotopic (exact) mass is 434 g/mol. The topological polar surface area (TPSA) is 59.8 Å². The summed E-state index contributed by atoms with van der Waals surface area (Å²) in [6.45, 7) is 5.98. The molecule has 2 heterocycles. The van der Waals surface area contributed by atoms with Gasteiger partial charge in [-0.25, -0.2) is 18.7 Å². The van der Waals surface area contributed by atoms with Crippen molar-refractivity contribution in [2.24, 2.45) is 5.92 Å². The maximum absolute atomic E-state index is 13.9. The van der Waals surface area contributed by atoms with E-state index in [1.165, 1.54) is 30.5 Å². The summed E-state index contributed by atoms with van der Waals surface area (Å²) in [5.74, 6) is -0.228. The zero-order chi connectivity index (χ0) is 22.8. The van der Waals surface area contributed by atoms with E-state index in [1.807, 2.05) is 6.20 Å². The molecule has 0 atom stereocenters. The van der Waals surface area contributed by atoms with Gasteiger partial charge in [-0.05, 0) is 61.6 Å². The number of carbonyl (C=O) groups is 1. The molecule has 0 radical (unpaired) electrons. The third kappa shape index (κ3) is 4.51. The summed E-state index contributed by atoms with van der Waals surface area (Å²) in [6, 6.07) is 10.5. The van der Waals surface area contributed by atoms with Crippen molar-refractivity contribution in [2.45, 2.75) is 33.6 Å². The van der Waals surface area contributed by atoms with Crippen molar-refractivity contribution >= 4 is 16.8 Å². The number of carbonyl (C=O) groups excluding carboxylic acids is 1. The first-order valence-corrected chi connectivity index (χ1v) is 10.5. The minimum atomic E-state index is -0.384. The minimum Gasteiger partial charge on any atom is -0.267 e. The molecule has 0 fully saturated rings. The number of aryl methyl sites for hydroxylation is 2. The Bertz CT molecular complexity index is 1300. The molecule has 0 saturated carbocycles. The van der Waals surface area contributed by atoms with Crippen LogP contribution < -0.4 is 5.43 Å². The summed E-state index contributed by atoms with van der Waals surface area (Å²) in [7, 11) is 0. The van der Waals surface area contributed by atoms with Gasteiger partial charge >= 0.3 is 0 Å². The quantitative estimate of drug-likeness (QED) is 0.426. The third-order valence-electron chi connectivity index (χ3n) is 5.37. The number of hydrogen-bond donors (Lipinski definition) is 1. The molecule has 0 unspecified atom stereocenters. The van der Waals surface area contributed by atoms with Crippen LogP contribution in [0.2, 0.25) is 0 Å². The molecule has 164 valence electrons. The lowest BCUT2D eigenvalue weighted by Gasteiger charge is -2.10. The van der Waals surface area contributed by atoms with Gasteiger partial charge in [0.2, 0.25) is 0 Å². The van der Waals surface area contributed by atoms with Crippen LogP contribution >= 0.6 is 0 Å². The predicted octanol–water partition coefficient (Wildman–Crippen LogP) is 5.66. The van der Waals surface area contributed by atoms with Crippen LogP contribution in [0.4, 0.5) is 8.78 Å². The molecular formula is C25H24F2N4O. The van der Waals surface area contributed by atoms with Crippen LogP contribution in [0.3, 0.4) is 0 Å². The van der Waals surface area contributed by atoms with E-state index in [1.54, 1.807) is 29.8 Å². The molecule has 0 saturated heterocycles. The zero-order valence-corrected chi connectivity index (χ0v) is 18.2. The summed E-state index contributed by atoms with van der Waals surface area (Å²) >= 11 is 0. The normalized spacial score (nSPS) is 11.3. The standard InChI is InChI=1S/C25H24F2N4O/c1-15(2)7-8-18-14-31(23-10-9-20(27)12-21(18)23)30-25(32)22-13-28-24(29-16(22)3)17-5-4-6-19(26)11-17/h4-6,9-15H,7-8H2,1-3H3,(H,30,32). The Morgan fingerprint density at radius 1 is 1.12 bits per heavy atom. The maximum Gasteiger partial charge on any atom is 0.273 e. The Morgan fingerprint density at radius 2 is 1.91 bits per heavy atom. The van der Waals surface area contributed by atoms with E-state index in [9.17, 15) is 13.6 Å². The summed E-state index contributed by atoms with van der Waals surface area (Å²) < 4.78 is 29.0. The lowest BCUT2D eigenvalue weighted by Crippen LogP contribution is -2.23. The highest BCUT2D eigenvalue weighted by molar-refractivity contribution is 6.01. The number of amides is 1. The summed E-state index contributed by atoms with van der Waals surface area (Å²) in [5, 5.41) is 0.778. The van der Waals surface area contributed by atoms with Gasteiger partial charge in [-0.15, -0.1) is 0 Å². The molecule has 5 nitrogen and oxygen atoms in total. The van der Waals surface area contributed by atoms with E-state index >= 15 is 0 Å². The smallest absolute Gasteiger partial charge is 0.267 e. The minimum absolute atomic E-state index is 0.304. The number of benzene rings is 2. The molecule has 0 spiro atoms. The number of hydrogen-bond acceptors (Lipinski definition) is 3. The Hall–Kier alpha value is -3.61. The van der Waals surface area contributed by atoms with E-state index in [4.69, 9.17) is 0 Å². The number of halogens is 2. The lowest BCUT2D eigenvalue weighted by molar-refractivity contribution is 0.101. The van der Waals surface area contributed by atoms with Gasteiger partial charge in [0, 0.05) is 23.3 Å². The molecule has 4 rings (SSSR count). The maximum atomic E-state index is 13.9. The fraction of sp³-hybridized carbons (Fsp3) is 0.240. The second kappa shape index (κ2) is 8.86. The van der Waals surface area contributed by atoms with Crippen molar-refractivity contribution in [3.05, 3.63) is 83.3 Å². The van der Waals surface area contributed by atoms with Crippen LogP contribution in [0.5, 0.6) is 0 Å².